The lowest BCUT2D eigenvalue weighted by Gasteiger charge is -2.41. The van der Waals surface area contributed by atoms with Crippen LogP contribution in [-0.4, -0.2) is 46.0 Å². The van der Waals surface area contributed by atoms with E-state index < -0.39 is 15.2 Å². The average Bonchev–Trinajstić information content (AvgIpc) is 3.31. The fourth-order valence-corrected chi connectivity index (χ4v) is 3.73. The number of halogens is 2. The second-order valence-corrected chi connectivity index (χ2v) is 9.25. The number of hydrogen-bond donors (Lipinski definition) is 1. The third-order valence-corrected chi connectivity index (χ3v) is 6.29. The highest BCUT2D eigenvalue weighted by molar-refractivity contribution is 7.91. The van der Waals surface area contributed by atoms with Crippen molar-refractivity contribution < 1.29 is 13.2 Å². The zero-order valence-corrected chi connectivity index (χ0v) is 15.2. The minimum absolute atomic E-state index is 0.217. The van der Waals surface area contributed by atoms with Crippen LogP contribution in [0.3, 0.4) is 0 Å². The molecule has 1 aromatic rings. The van der Waals surface area contributed by atoms with Gasteiger partial charge in [0, 0.05) is 18.5 Å². The predicted molar refractivity (Wildman–Crippen MR) is 92.9 cm³/mol. The standard InChI is InChI=1S/C15H20Cl2N2O3S/c1-23(20,21)14-8-19(11-4-5-12(16)13(17)6-11)15(7-18-14)22-9-10-2-3-10/h4-6,10,14-15,18H,2-3,7-9H2,1H3. The molecular weight excluding hydrogens is 359 g/mol. The molecule has 1 N–H and O–H groups in total. The van der Waals surface area contributed by atoms with Crippen LogP contribution in [0.5, 0.6) is 0 Å². The molecule has 3 rings (SSSR count). The normalized spacial score (nSPS) is 25.6. The Morgan fingerprint density at radius 1 is 1.30 bits per heavy atom. The Kier molecular flexibility index (Phi) is 5.09. The molecule has 2 unspecified atom stereocenters. The quantitative estimate of drug-likeness (QED) is 0.852. The largest absolute Gasteiger partial charge is 0.357 e. The van der Waals surface area contributed by atoms with Crippen LogP contribution in [-0.2, 0) is 14.6 Å². The van der Waals surface area contributed by atoms with Crippen molar-refractivity contribution in [1.82, 2.24) is 5.32 Å². The van der Waals surface area contributed by atoms with E-state index in [0.29, 0.717) is 35.7 Å². The molecule has 1 aliphatic heterocycles. The van der Waals surface area contributed by atoms with Crippen LogP contribution in [0.1, 0.15) is 12.8 Å². The Bertz CT molecular complexity index is 679. The third kappa shape index (κ3) is 4.31. The number of benzene rings is 1. The lowest BCUT2D eigenvalue weighted by atomic mass is 10.2. The number of sulfone groups is 1. The first-order chi connectivity index (χ1) is 10.8. The maximum atomic E-state index is 11.9. The maximum absolute atomic E-state index is 11.9. The number of hydrogen-bond acceptors (Lipinski definition) is 5. The molecule has 2 atom stereocenters. The highest BCUT2D eigenvalue weighted by Gasteiger charge is 2.35. The van der Waals surface area contributed by atoms with E-state index in [4.69, 9.17) is 27.9 Å². The van der Waals surface area contributed by atoms with Gasteiger partial charge in [-0.25, -0.2) is 8.42 Å². The van der Waals surface area contributed by atoms with Crippen molar-refractivity contribution in [2.24, 2.45) is 5.92 Å². The van der Waals surface area contributed by atoms with Gasteiger partial charge in [-0.2, -0.15) is 0 Å². The smallest absolute Gasteiger partial charge is 0.165 e. The van der Waals surface area contributed by atoms with Crippen molar-refractivity contribution >= 4 is 38.7 Å². The summed E-state index contributed by atoms with van der Waals surface area (Å²) in [5.41, 5.74) is 0.815. The van der Waals surface area contributed by atoms with Gasteiger partial charge in [-0.3, -0.25) is 5.32 Å². The van der Waals surface area contributed by atoms with Crippen molar-refractivity contribution in [2.75, 3.05) is 30.9 Å². The van der Waals surface area contributed by atoms with Gasteiger partial charge in [0.2, 0.25) is 0 Å². The molecule has 0 spiro atoms. The Morgan fingerprint density at radius 2 is 2.04 bits per heavy atom. The number of nitrogens with zero attached hydrogens (tertiary/aromatic N) is 1. The zero-order valence-electron chi connectivity index (χ0n) is 12.8. The summed E-state index contributed by atoms with van der Waals surface area (Å²) < 4.78 is 29.8. The molecule has 128 valence electrons. The van der Waals surface area contributed by atoms with Crippen molar-refractivity contribution in [2.45, 2.75) is 24.4 Å². The molecule has 23 heavy (non-hydrogen) atoms. The van der Waals surface area contributed by atoms with Gasteiger partial charge in [-0.1, -0.05) is 23.2 Å². The van der Waals surface area contributed by atoms with Crippen molar-refractivity contribution in [1.29, 1.82) is 0 Å². The molecule has 0 bridgehead atoms. The minimum Gasteiger partial charge on any atom is -0.357 e. The summed E-state index contributed by atoms with van der Waals surface area (Å²) in [5, 5.41) is 3.36. The molecule has 5 nitrogen and oxygen atoms in total. The summed E-state index contributed by atoms with van der Waals surface area (Å²) in [6.07, 6.45) is 3.44. The summed E-state index contributed by atoms with van der Waals surface area (Å²) in [6, 6.07) is 5.31. The number of anilines is 1. The Hall–Kier alpha value is -0.530. The first-order valence-electron chi connectivity index (χ1n) is 7.60. The second-order valence-electron chi connectivity index (χ2n) is 6.21. The number of ether oxygens (including phenoxy) is 1. The van der Waals surface area contributed by atoms with E-state index in [2.05, 4.69) is 5.32 Å². The van der Waals surface area contributed by atoms with E-state index in [0.717, 1.165) is 5.69 Å². The van der Waals surface area contributed by atoms with Crippen LogP contribution in [0.25, 0.3) is 0 Å². The zero-order chi connectivity index (χ0) is 16.6. The van der Waals surface area contributed by atoms with E-state index in [1.165, 1.54) is 19.1 Å². The summed E-state index contributed by atoms with van der Waals surface area (Å²) >= 11 is 12.1. The van der Waals surface area contributed by atoms with Gasteiger partial charge in [0.25, 0.3) is 0 Å². The van der Waals surface area contributed by atoms with E-state index in [1.54, 1.807) is 12.1 Å². The molecule has 1 saturated heterocycles. The Morgan fingerprint density at radius 3 is 2.65 bits per heavy atom. The van der Waals surface area contributed by atoms with E-state index in [-0.39, 0.29) is 6.23 Å². The molecule has 1 aromatic carbocycles. The van der Waals surface area contributed by atoms with Gasteiger partial charge >= 0.3 is 0 Å². The van der Waals surface area contributed by atoms with Crippen LogP contribution < -0.4 is 10.2 Å². The number of rotatable bonds is 5. The first-order valence-corrected chi connectivity index (χ1v) is 10.3. The molecular formula is C15H20Cl2N2O3S. The monoisotopic (exact) mass is 378 g/mol. The van der Waals surface area contributed by atoms with Gasteiger partial charge < -0.3 is 9.64 Å². The molecule has 0 aromatic heterocycles. The van der Waals surface area contributed by atoms with Crippen molar-refractivity contribution in [3.05, 3.63) is 28.2 Å². The van der Waals surface area contributed by atoms with Gasteiger partial charge in [-0.15, -0.1) is 0 Å². The van der Waals surface area contributed by atoms with Gasteiger partial charge in [-0.05, 0) is 37.0 Å². The Balaban J connectivity index is 1.82. The molecule has 1 aliphatic carbocycles. The summed E-state index contributed by atoms with van der Waals surface area (Å²) in [4.78, 5) is 1.95. The molecule has 0 radical (unpaired) electrons. The Labute approximate surface area is 146 Å². The maximum Gasteiger partial charge on any atom is 0.165 e. The molecule has 8 heteroatoms. The topological polar surface area (TPSA) is 58.6 Å². The van der Waals surface area contributed by atoms with E-state index in [9.17, 15) is 8.42 Å². The van der Waals surface area contributed by atoms with Gasteiger partial charge in [0.15, 0.2) is 9.84 Å². The molecule has 1 heterocycles. The van der Waals surface area contributed by atoms with Crippen molar-refractivity contribution in [3.8, 4) is 0 Å². The highest BCUT2D eigenvalue weighted by Crippen LogP contribution is 2.32. The van der Waals surface area contributed by atoms with E-state index >= 15 is 0 Å². The van der Waals surface area contributed by atoms with Crippen LogP contribution in [0.4, 0.5) is 5.69 Å². The summed E-state index contributed by atoms with van der Waals surface area (Å²) in [7, 11) is -3.19. The lowest BCUT2D eigenvalue weighted by Crippen LogP contribution is -2.60. The SMILES string of the molecule is CS(=O)(=O)C1CN(c2ccc(Cl)c(Cl)c2)C(OCC2CC2)CN1. The summed E-state index contributed by atoms with van der Waals surface area (Å²) in [5.74, 6) is 0.637. The number of piperazine rings is 1. The highest BCUT2D eigenvalue weighted by atomic mass is 35.5. The van der Waals surface area contributed by atoms with Crippen LogP contribution in [0, 0.1) is 5.92 Å². The number of nitrogens with one attached hydrogen (secondary N) is 1. The van der Waals surface area contributed by atoms with Crippen LogP contribution in [0.15, 0.2) is 18.2 Å². The lowest BCUT2D eigenvalue weighted by molar-refractivity contribution is 0.0343. The minimum atomic E-state index is -3.19. The van der Waals surface area contributed by atoms with E-state index in [1.807, 2.05) is 11.0 Å². The van der Waals surface area contributed by atoms with Crippen LogP contribution in [0.2, 0.25) is 10.0 Å². The summed E-state index contributed by atoms with van der Waals surface area (Å²) in [6.45, 7) is 1.46. The fraction of sp³-hybridized carbons (Fsp3) is 0.600. The average molecular weight is 379 g/mol. The second kappa shape index (κ2) is 6.76. The van der Waals surface area contributed by atoms with Gasteiger partial charge in [0.05, 0.1) is 23.2 Å². The molecule has 2 aliphatic rings. The van der Waals surface area contributed by atoms with Crippen LogP contribution >= 0.6 is 23.2 Å². The molecule has 1 saturated carbocycles. The predicted octanol–water partition coefficient (Wildman–Crippen LogP) is 2.53. The fourth-order valence-electron chi connectivity index (χ4n) is 2.61. The first kappa shape index (κ1) is 17.3. The van der Waals surface area contributed by atoms with Crippen molar-refractivity contribution in [3.63, 3.8) is 0 Å². The van der Waals surface area contributed by atoms with Gasteiger partial charge in [0.1, 0.15) is 11.6 Å². The third-order valence-electron chi connectivity index (χ3n) is 4.20. The molecule has 0 amide bonds. The molecule has 2 fully saturated rings.